The Labute approximate surface area is 148 Å². The van der Waals surface area contributed by atoms with Crippen molar-refractivity contribution in [2.45, 2.75) is 44.1 Å². The molecule has 1 aliphatic carbocycles. The van der Waals surface area contributed by atoms with Gasteiger partial charge in [-0.3, -0.25) is 9.79 Å². The van der Waals surface area contributed by atoms with Crippen LogP contribution in [0.25, 0.3) is 0 Å². The Hall–Kier alpha value is -2.11. The number of hydrogen-bond acceptors (Lipinski definition) is 2. The van der Waals surface area contributed by atoms with Crippen LogP contribution in [0.2, 0.25) is 0 Å². The molecule has 1 amide bonds. The van der Waals surface area contributed by atoms with Crippen LogP contribution in [0, 0.1) is 5.82 Å². The highest BCUT2D eigenvalue weighted by molar-refractivity contribution is 5.81. The number of piperidine rings is 1. The van der Waals surface area contributed by atoms with Crippen molar-refractivity contribution in [3.05, 3.63) is 35.6 Å². The van der Waals surface area contributed by atoms with Crippen LogP contribution in [0.1, 0.15) is 38.2 Å². The third kappa shape index (κ3) is 4.11. The molecule has 0 aromatic heterocycles. The summed E-state index contributed by atoms with van der Waals surface area (Å²) < 4.78 is 14.1. The van der Waals surface area contributed by atoms with Crippen LogP contribution in [0.5, 0.6) is 0 Å². The van der Waals surface area contributed by atoms with Gasteiger partial charge in [-0.2, -0.15) is 0 Å². The molecule has 1 aliphatic heterocycles. The molecule has 1 aromatic carbocycles. The van der Waals surface area contributed by atoms with Gasteiger partial charge < -0.3 is 15.5 Å². The van der Waals surface area contributed by atoms with Gasteiger partial charge in [-0.05, 0) is 37.8 Å². The SMILES string of the molecule is CCNC(=NCC1(c2ccccc2F)CC1)NC1CCC(=O)N(C)C1. The van der Waals surface area contributed by atoms with Gasteiger partial charge in [0.2, 0.25) is 5.91 Å². The molecule has 0 radical (unpaired) electrons. The molecule has 1 aromatic rings. The third-order valence-corrected chi connectivity index (χ3v) is 5.15. The van der Waals surface area contributed by atoms with Crippen molar-refractivity contribution in [3.8, 4) is 0 Å². The molecule has 0 spiro atoms. The lowest BCUT2D eigenvalue weighted by Gasteiger charge is -2.31. The average Bonchev–Trinajstić information content (AvgIpc) is 3.38. The lowest BCUT2D eigenvalue weighted by Crippen LogP contribution is -2.51. The highest BCUT2D eigenvalue weighted by Crippen LogP contribution is 2.49. The fourth-order valence-electron chi connectivity index (χ4n) is 3.43. The maximum Gasteiger partial charge on any atom is 0.222 e. The summed E-state index contributed by atoms with van der Waals surface area (Å²) in [4.78, 5) is 18.1. The summed E-state index contributed by atoms with van der Waals surface area (Å²) in [5, 5.41) is 6.69. The maximum atomic E-state index is 14.1. The average molecular weight is 346 g/mol. The normalized spacial score (nSPS) is 22.7. The van der Waals surface area contributed by atoms with Gasteiger partial charge in [0.05, 0.1) is 6.54 Å². The number of nitrogens with zero attached hydrogens (tertiary/aromatic N) is 2. The number of hydrogen-bond donors (Lipinski definition) is 2. The van der Waals surface area contributed by atoms with E-state index in [2.05, 4.69) is 10.6 Å². The fraction of sp³-hybridized carbons (Fsp3) is 0.579. The summed E-state index contributed by atoms with van der Waals surface area (Å²) >= 11 is 0. The van der Waals surface area contributed by atoms with Crippen molar-refractivity contribution >= 4 is 11.9 Å². The number of amides is 1. The van der Waals surface area contributed by atoms with Gasteiger partial charge in [0.1, 0.15) is 5.82 Å². The van der Waals surface area contributed by atoms with E-state index < -0.39 is 0 Å². The molecular weight excluding hydrogens is 319 g/mol. The van der Waals surface area contributed by atoms with Gasteiger partial charge in [-0.1, -0.05) is 18.2 Å². The molecule has 2 aliphatic rings. The van der Waals surface area contributed by atoms with Crippen molar-refractivity contribution < 1.29 is 9.18 Å². The van der Waals surface area contributed by atoms with Gasteiger partial charge in [0.15, 0.2) is 5.96 Å². The minimum absolute atomic E-state index is 0.138. The molecule has 2 N–H and O–H groups in total. The Morgan fingerprint density at radius 3 is 2.80 bits per heavy atom. The monoisotopic (exact) mass is 346 g/mol. The molecule has 2 fully saturated rings. The first-order chi connectivity index (χ1) is 12.0. The van der Waals surface area contributed by atoms with Crippen LogP contribution >= 0.6 is 0 Å². The maximum absolute atomic E-state index is 14.1. The molecule has 25 heavy (non-hydrogen) atoms. The zero-order valence-corrected chi connectivity index (χ0v) is 15.0. The van der Waals surface area contributed by atoms with E-state index in [1.165, 1.54) is 6.07 Å². The Kier molecular flexibility index (Phi) is 5.25. The molecule has 1 saturated carbocycles. The number of guanidine groups is 1. The summed E-state index contributed by atoms with van der Waals surface area (Å²) in [6.45, 7) is 4.05. The molecular formula is C19H27FN4O. The summed E-state index contributed by atoms with van der Waals surface area (Å²) in [5.41, 5.74) is 0.616. The molecule has 6 heteroatoms. The number of nitrogens with one attached hydrogen (secondary N) is 2. The predicted molar refractivity (Wildman–Crippen MR) is 97.1 cm³/mol. The number of likely N-dealkylation sites (N-methyl/N-ethyl adjacent to an activating group) is 1. The largest absolute Gasteiger partial charge is 0.357 e. The predicted octanol–water partition coefficient (Wildman–Crippen LogP) is 2.03. The van der Waals surface area contributed by atoms with E-state index in [0.29, 0.717) is 19.5 Å². The molecule has 136 valence electrons. The number of likely N-dealkylation sites (tertiary alicyclic amines) is 1. The zero-order chi connectivity index (χ0) is 17.9. The fourth-order valence-corrected chi connectivity index (χ4v) is 3.43. The number of rotatable bonds is 5. The Balaban J connectivity index is 1.66. The topological polar surface area (TPSA) is 56.7 Å². The number of benzene rings is 1. The highest BCUT2D eigenvalue weighted by atomic mass is 19.1. The molecule has 1 atom stereocenters. The van der Waals surface area contributed by atoms with E-state index in [-0.39, 0.29) is 23.2 Å². The van der Waals surface area contributed by atoms with Crippen molar-refractivity contribution in [2.24, 2.45) is 4.99 Å². The number of halogens is 1. The van der Waals surface area contributed by atoms with Crippen LogP contribution in [-0.2, 0) is 10.2 Å². The second kappa shape index (κ2) is 7.42. The van der Waals surface area contributed by atoms with Crippen molar-refractivity contribution in [1.82, 2.24) is 15.5 Å². The summed E-state index contributed by atoms with van der Waals surface area (Å²) in [6.07, 6.45) is 3.31. The summed E-state index contributed by atoms with van der Waals surface area (Å²) in [7, 11) is 1.83. The molecule has 5 nitrogen and oxygen atoms in total. The standard InChI is InChI=1S/C19H27FN4O/c1-3-21-18(23-14-8-9-17(25)24(2)12-14)22-13-19(10-11-19)15-6-4-5-7-16(15)20/h4-7,14H,3,8-13H2,1-2H3,(H2,21,22,23). The van der Waals surface area contributed by atoms with Gasteiger partial charge in [0.25, 0.3) is 0 Å². The molecule has 1 heterocycles. The van der Waals surface area contributed by atoms with Crippen molar-refractivity contribution in [1.29, 1.82) is 0 Å². The van der Waals surface area contributed by atoms with E-state index in [0.717, 1.165) is 37.3 Å². The Morgan fingerprint density at radius 1 is 1.40 bits per heavy atom. The molecule has 1 saturated heterocycles. The lowest BCUT2D eigenvalue weighted by molar-refractivity contribution is -0.132. The van der Waals surface area contributed by atoms with Crippen LogP contribution in [0.4, 0.5) is 4.39 Å². The van der Waals surface area contributed by atoms with Crippen LogP contribution < -0.4 is 10.6 Å². The number of carbonyl (C=O) groups is 1. The minimum Gasteiger partial charge on any atom is -0.357 e. The van der Waals surface area contributed by atoms with Gasteiger partial charge in [0, 0.05) is 38.0 Å². The van der Waals surface area contributed by atoms with E-state index in [4.69, 9.17) is 4.99 Å². The second-order valence-electron chi connectivity index (χ2n) is 7.11. The van der Waals surface area contributed by atoms with Crippen LogP contribution in [0.15, 0.2) is 29.3 Å². The van der Waals surface area contributed by atoms with E-state index in [1.807, 2.05) is 26.1 Å². The first kappa shape index (κ1) is 17.7. The molecule has 3 rings (SSSR count). The Morgan fingerprint density at radius 2 is 2.16 bits per heavy atom. The second-order valence-corrected chi connectivity index (χ2v) is 7.11. The Bertz CT molecular complexity index is 657. The van der Waals surface area contributed by atoms with Gasteiger partial charge in [-0.25, -0.2) is 4.39 Å². The lowest BCUT2D eigenvalue weighted by atomic mass is 9.95. The van der Waals surface area contributed by atoms with Crippen LogP contribution in [0.3, 0.4) is 0 Å². The van der Waals surface area contributed by atoms with Crippen molar-refractivity contribution in [2.75, 3.05) is 26.7 Å². The first-order valence-corrected chi connectivity index (χ1v) is 9.08. The minimum atomic E-state index is -0.160. The van der Waals surface area contributed by atoms with E-state index in [1.54, 1.807) is 11.0 Å². The molecule has 0 bridgehead atoms. The van der Waals surface area contributed by atoms with Crippen molar-refractivity contribution in [3.63, 3.8) is 0 Å². The van der Waals surface area contributed by atoms with Crippen LogP contribution in [-0.4, -0.2) is 49.5 Å². The molecule has 1 unspecified atom stereocenters. The van der Waals surface area contributed by atoms with E-state index >= 15 is 0 Å². The number of aliphatic imine (C=N–C) groups is 1. The number of carbonyl (C=O) groups excluding carboxylic acids is 1. The van der Waals surface area contributed by atoms with Gasteiger partial charge >= 0.3 is 0 Å². The summed E-state index contributed by atoms with van der Waals surface area (Å²) in [6, 6.07) is 7.21. The van der Waals surface area contributed by atoms with Gasteiger partial charge in [-0.15, -0.1) is 0 Å². The smallest absolute Gasteiger partial charge is 0.222 e. The highest BCUT2D eigenvalue weighted by Gasteiger charge is 2.45. The summed E-state index contributed by atoms with van der Waals surface area (Å²) in [5.74, 6) is 0.801. The quantitative estimate of drug-likeness (QED) is 0.634. The first-order valence-electron chi connectivity index (χ1n) is 9.08. The zero-order valence-electron chi connectivity index (χ0n) is 15.0. The van der Waals surface area contributed by atoms with E-state index in [9.17, 15) is 9.18 Å². The third-order valence-electron chi connectivity index (χ3n) is 5.15.